The zero-order chi connectivity index (χ0) is 26.2. The summed E-state index contributed by atoms with van der Waals surface area (Å²) in [6.07, 6.45) is 0.0412. The van der Waals surface area contributed by atoms with Gasteiger partial charge in [-0.25, -0.2) is 0 Å². The standard InChI is InChI=1S/C28H29N3O6/c1-19-28(34)31(18-27(33)29-20-7-4-3-5-8-20)24-17-21(10-15-25(24)37-19)30-26(32)9-6-16-36-23-13-11-22(35-2)12-14-23/h3-5,7-8,10-15,17,19H,6,9,16,18H2,1-2H3,(H,29,33)(H,30,32). The Morgan fingerprint density at radius 3 is 2.35 bits per heavy atom. The van der Waals surface area contributed by atoms with Crippen LogP contribution in [-0.2, 0) is 14.4 Å². The van der Waals surface area contributed by atoms with E-state index < -0.39 is 6.10 Å². The van der Waals surface area contributed by atoms with Crippen molar-refractivity contribution in [2.45, 2.75) is 25.9 Å². The van der Waals surface area contributed by atoms with E-state index in [1.165, 1.54) is 4.90 Å². The fourth-order valence-electron chi connectivity index (χ4n) is 3.83. The third kappa shape index (κ3) is 6.78. The number of methoxy groups -OCH3 is 1. The maximum absolute atomic E-state index is 12.8. The van der Waals surface area contributed by atoms with Crippen LogP contribution in [0.15, 0.2) is 72.8 Å². The van der Waals surface area contributed by atoms with Crippen LogP contribution in [0.3, 0.4) is 0 Å². The number of carbonyl (C=O) groups is 3. The molecule has 0 aromatic heterocycles. The van der Waals surface area contributed by atoms with Crippen LogP contribution in [0.1, 0.15) is 19.8 Å². The average Bonchev–Trinajstić information content (AvgIpc) is 2.90. The number of nitrogens with zero attached hydrogens (tertiary/aromatic N) is 1. The summed E-state index contributed by atoms with van der Waals surface area (Å²) in [6.45, 7) is 1.83. The van der Waals surface area contributed by atoms with Gasteiger partial charge >= 0.3 is 0 Å². The molecule has 3 aromatic carbocycles. The summed E-state index contributed by atoms with van der Waals surface area (Å²) in [7, 11) is 1.60. The SMILES string of the molecule is COc1ccc(OCCCC(=O)Nc2ccc3c(c2)N(CC(=O)Nc2ccccc2)C(=O)C(C)O3)cc1. The molecule has 3 amide bonds. The van der Waals surface area contributed by atoms with Gasteiger partial charge in [-0.15, -0.1) is 0 Å². The van der Waals surface area contributed by atoms with Crippen LogP contribution in [0.4, 0.5) is 17.1 Å². The number of benzene rings is 3. The Kier molecular flexibility index (Phi) is 8.25. The number of anilines is 3. The topological polar surface area (TPSA) is 106 Å². The lowest BCUT2D eigenvalue weighted by Gasteiger charge is -2.33. The molecule has 9 heteroatoms. The van der Waals surface area contributed by atoms with Crippen LogP contribution < -0.4 is 29.7 Å². The first-order valence-corrected chi connectivity index (χ1v) is 12.0. The van der Waals surface area contributed by atoms with Crippen molar-refractivity contribution in [1.82, 2.24) is 0 Å². The number of amides is 3. The fourth-order valence-corrected chi connectivity index (χ4v) is 3.83. The zero-order valence-electron chi connectivity index (χ0n) is 20.7. The Bertz CT molecular complexity index is 1250. The molecule has 4 rings (SSSR count). The van der Waals surface area contributed by atoms with Gasteiger partial charge in [0.05, 0.1) is 19.4 Å². The summed E-state index contributed by atoms with van der Waals surface area (Å²) < 4.78 is 16.5. The first kappa shape index (κ1) is 25.6. The Labute approximate surface area is 215 Å². The van der Waals surface area contributed by atoms with E-state index >= 15 is 0 Å². The molecule has 192 valence electrons. The number of para-hydroxylation sites is 1. The van der Waals surface area contributed by atoms with Crippen LogP contribution in [0.2, 0.25) is 0 Å². The van der Waals surface area contributed by atoms with E-state index in [9.17, 15) is 14.4 Å². The molecule has 0 saturated heterocycles. The molecule has 0 fully saturated rings. The lowest BCUT2D eigenvalue weighted by molar-refractivity contribution is -0.127. The number of hydrogen-bond donors (Lipinski definition) is 2. The van der Waals surface area contributed by atoms with Crippen molar-refractivity contribution in [3.05, 3.63) is 72.8 Å². The molecule has 0 spiro atoms. The van der Waals surface area contributed by atoms with E-state index in [1.807, 2.05) is 42.5 Å². The van der Waals surface area contributed by atoms with Crippen LogP contribution in [0, 0.1) is 0 Å². The van der Waals surface area contributed by atoms with Gasteiger partial charge in [0.2, 0.25) is 11.8 Å². The number of rotatable bonds is 10. The molecule has 0 bridgehead atoms. The smallest absolute Gasteiger partial charge is 0.268 e. The van der Waals surface area contributed by atoms with E-state index in [2.05, 4.69) is 10.6 Å². The average molecular weight is 504 g/mol. The molecule has 1 aliphatic heterocycles. The number of ether oxygens (including phenoxy) is 3. The van der Waals surface area contributed by atoms with Gasteiger partial charge in [0.15, 0.2) is 6.10 Å². The molecule has 1 unspecified atom stereocenters. The summed E-state index contributed by atoms with van der Waals surface area (Å²) in [5.74, 6) is 1.04. The van der Waals surface area contributed by atoms with Crippen molar-refractivity contribution >= 4 is 34.8 Å². The zero-order valence-corrected chi connectivity index (χ0v) is 20.7. The van der Waals surface area contributed by atoms with Crippen LogP contribution in [-0.4, -0.2) is 44.1 Å². The fraction of sp³-hybridized carbons (Fsp3) is 0.250. The van der Waals surface area contributed by atoms with Crippen LogP contribution in [0.5, 0.6) is 17.2 Å². The summed E-state index contributed by atoms with van der Waals surface area (Å²) >= 11 is 0. The lowest BCUT2D eigenvalue weighted by atomic mass is 10.1. The summed E-state index contributed by atoms with van der Waals surface area (Å²) in [4.78, 5) is 39.4. The lowest BCUT2D eigenvalue weighted by Crippen LogP contribution is -2.47. The molecular weight excluding hydrogens is 474 g/mol. The highest BCUT2D eigenvalue weighted by Gasteiger charge is 2.33. The molecule has 0 aliphatic carbocycles. The van der Waals surface area contributed by atoms with Gasteiger partial charge < -0.3 is 24.8 Å². The van der Waals surface area contributed by atoms with Crippen LogP contribution >= 0.6 is 0 Å². The van der Waals surface area contributed by atoms with Crippen molar-refractivity contribution in [2.75, 3.05) is 35.8 Å². The predicted molar refractivity (Wildman–Crippen MR) is 140 cm³/mol. The van der Waals surface area contributed by atoms with Crippen molar-refractivity contribution in [2.24, 2.45) is 0 Å². The van der Waals surface area contributed by atoms with Crippen molar-refractivity contribution < 1.29 is 28.6 Å². The summed E-state index contributed by atoms with van der Waals surface area (Å²) in [6, 6.07) is 21.3. The molecule has 1 atom stereocenters. The van der Waals surface area contributed by atoms with E-state index in [0.29, 0.717) is 41.6 Å². The minimum Gasteiger partial charge on any atom is -0.497 e. The highest BCUT2D eigenvalue weighted by atomic mass is 16.5. The van der Waals surface area contributed by atoms with E-state index in [1.54, 1.807) is 44.4 Å². The molecule has 0 radical (unpaired) electrons. The molecule has 1 aliphatic rings. The predicted octanol–water partition coefficient (Wildman–Crippen LogP) is 4.25. The minimum absolute atomic E-state index is 0.186. The van der Waals surface area contributed by atoms with Gasteiger partial charge in [0.1, 0.15) is 23.8 Å². The van der Waals surface area contributed by atoms with Gasteiger partial charge in [-0.2, -0.15) is 0 Å². The van der Waals surface area contributed by atoms with E-state index in [0.717, 1.165) is 5.75 Å². The first-order valence-electron chi connectivity index (χ1n) is 12.0. The Balaban J connectivity index is 1.34. The Morgan fingerprint density at radius 1 is 0.919 bits per heavy atom. The van der Waals surface area contributed by atoms with Gasteiger partial charge in [0.25, 0.3) is 5.91 Å². The quantitative estimate of drug-likeness (QED) is 0.401. The number of hydrogen-bond acceptors (Lipinski definition) is 6. The van der Waals surface area contributed by atoms with Gasteiger partial charge in [0, 0.05) is 17.8 Å². The highest BCUT2D eigenvalue weighted by molar-refractivity contribution is 6.06. The first-order chi connectivity index (χ1) is 17.9. The number of carbonyl (C=O) groups excluding carboxylic acids is 3. The maximum Gasteiger partial charge on any atom is 0.268 e. The summed E-state index contributed by atoms with van der Waals surface area (Å²) in [5.41, 5.74) is 1.56. The highest BCUT2D eigenvalue weighted by Crippen LogP contribution is 2.36. The van der Waals surface area contributed by atoms with Crippen molar-refractivity contribution in [1.29, 1.82) is 0 Å². The van der Waals surface area contributed by atoms with Crippen molar-refractivity contribution in [3.63, 3.8) is 0 Å². The number of nitrogens with one attached hydrogen (secondary N) is 2. The third-order valence-electron chi connectivity index (χ3n) is 5.69. The largest absolute Gasteiger partial charge is 0.497 e. The third-order valence-corrected chi connectivity index (χ3v) is 5.69. The molecule has 37 heavy (non-hydrogen) atoms. The monoisotopic (exact) mass is 503 g/mol. The van der Waals surface area contributed by atoms with E-state index in [-0.39, 0.29) is 30.7 Å². The van der Waals surface area contributed by atoms with Crippen molar-refractivity contribution in [3.8, 4) is 17.2 Å². The second-order valence-corrected chi connectivity index (χ2v) is 8.46. The Morgan fingerprint density at radius 2 is 1.62 bits per heavy atom. The maximum atomic E-state index is 12.8. The molecule has 0 saturated carbocycles. The molecule has 9 nitrogen and oxygen atoms in total. The summed E-state index contributed by atoms with van der Waals surface area (Å²) in [5, 5.41) is 5.63. The van der Waals surface area contributed by atoms with E-state index in [4.69, 9.17) is 14.2 Å². The molecule has 1 heterocycles. The molecule has 2 N–H and O–H groups in total. The van der Waals surface area contributed by atoms with Gasteiger partial charge in [-0.05, 0) is 67.9 Å². The second kappa shape index (κ2) is 11.9. The van der Waals surface area contributed by atoms with Gasteiger partial charge in [-0.3, -0.25) is 19.3 Å². The molecule has 3 aromatic rings. The normalized spacial score (nSPS) is 14.3. The Hall–Kier alpha value is -4.53. The second-order valence-electron chi connectivity index (χ2n) is 8.46. The molecular formula is C28H29N3O6. The van der Waals surface area contributed by atoms with Gasteiger partial charge in [-0.1, -0.05) is 18.2 Å². The van der Waals surface area contributed by atoms with Crippen LogP contribution in [0.25, 0.3) is 0 Å². The minimum atomic E-state index is -0.733. The number of fused-ring (bicyclic) bond motifs is 1.